The van der Waals surface area contributed by atoms with E-state index in [1.54, 1.807) is 24.0 Å². The third kappa shape index (κ3) is 4.25. The Morgan fingerprint density at radius 1 is 1.28 bits per heavy atom. The van der Waals surface area contributed by atoms with E-state index in [4.69, 9.17) is 14.7 Å². The number of furan rings is 1. The van der Waals surface area contributed by atoms with E-state index in [0.29, 0.717) is 49.1 Å². The van der Waals surface area contributed by atoms with Crippen molar-refractivity contribution in [2.24, 2.45) is 5.73 Å². The maximum Gasteiger partial charge on any atom is 0.257 e. The largest absolute Gasteiger partial charge is 0.467 e. The molecule has 1 aliphatic rings. The van der Waals surface area contributed by atoms with Crippen LogP contribution in [0.1, 0.15) is 21.9 Å². The highest BCUT2D eigenvalue weighted by atomic mass is 16.5. The molecule has 0 saturated carbocycles. The van der Waals surface area contributed by atoms with E-state index in [2.05, 4.69) is 10.5 Å². The molecule has 1 saturated heterocycles. The minimum absolute atomic E-state index is 0.0781. The van der Waals surface area contributed by atoms with Gasteiger partial charge in [0.2, 0.25) is 5.91 Å². The van der Waals surface area contributed by atoms with Crippen molar-refractivity contribution in [3.8, 4) is 0 Å². The summed E-state index contributed by atoms with van der Waals surface area (Å²) >= 11 is 0. The summed E-state index contributed by atoms with van der Waals surface area (Å²) in [6.45, 7) is 4.63. The fourth-order valence-electron chi connectivity index (χ4n) is 2.70. The average Bonchev–Trinajstić information content (AvgIpc) is 3.24. The maximum absolute atomic E-state index is 12.4. The number of nitrogens with two attached hydrogens (primary N) is 1. The topological polar surface area (TPSA) is 118 Å². The molecule has 2 amide bonds. The first-order valence-electron chi connectivity index (χ1n) is 8.07. The van der Waals surface area contributed by atoms with Gasteiger partial charge in [-0.15, -0.1) is 0 Å². The minimum atomic E-state index is -0.157. The molecule has 2 aromatic heterocycles. The molecular weight excluding hydrogens is 326 g/mol. The average molecular weight is 347 g/mol. The van der Waals surface area contributed by atoms with E-state index in [-0.39, 0.29) is 24.9 Å². The Morgan fingerprint density at radius 3 is 2.64 bits per heavy atom. The van der Waals surface area contributed by atoms with Gasteiger partial charge in [-0.05, 0) is 13.0 Å². The molecule has 0 unspecified atom stereocenters. The lowest BCUT2D eigenvalue weighted by molar-refractivity contribution is -0.117. The molecule has 0 aromatic carbocycles. The number of carbonyl (C=O) groups is 2. The van der Waals surface area contributed by atoms with Gasteiger partial charge in [0.1, 0.15) is 17.8 Å². The van der Waals surface area contributed by atoms with Crippen LogP contribution in [0, 0.1) is 6.92 Å². The number of aryl methyl sites for hydroxylation is 1. The number of aromatic nitrogens is 1. The fourth-order valence-corrected chi connectivity index (χ4v) is 2.70. The predicted molar refractivity (Wildman–Crippen MR) is 88.8 cm³/mol. The molecule has 9 nitrogen and oxygen atoms in total. The second-order valence-corrected chi connectivity index (χ2v) is 5.95. The molecule has 3 heterocycles. The number of hydrogen-bond donors (Lipinski definition) is 2. The Kier molecular flexibility index (Phi) is 5.15. The van der Waals surface area contributed by atoms with Crippen molar-refractivity contribution in [1.29, 1.82) is 0 Å². The van der Waals surface area contributed by atoms with Crippen LogP contribution in [-0.4, -0.2) is 59.5 Å². The van der Waals surface area contributed by atoms with Crippen LogP contribution in [0.4, 0.5) is 5.82 Å². The van der Waals surface area contributed by atoms with Crippen LogP contribution in [0.3, 0.4) is 0 Å². The van der Waals surface area contributed by atoms with Gasteiger partial charge in [-0.2, -0.15) is 0 Å². The van der Waals surface area contributed by atoms with Crippen LogP contribution >= 0.6 is 0 Å². The van der Waals surface area contributed by atoms with Crippen molar-refractivity contribution in [3.05, 3.63) is 35.5 Å². The summed E-state index contributed by atoms with van der Waals surface area (Å²) in [5.41, 5.74) is 6.00. The van der Waals surface area contributed by atoms with Gasteiger partial charge in [-0.25, -0.2) is 0 Å². The summed E-state index contributed by atoms with van der Waals surface area (Å²) in [7, 11) is 0. The number of amides is 2. The van der Waals surface area contributed by atoms with Crippen LogP contribution in [0.2, 0.25) is 0 Å². The smallest absolute Gasteiger partial charge is 0.257 e. The molecule has 9 heteroatoms. The van der Waals surface area contributed by atoms with Crippen molar-refractivity contribution >= 4 is 17.6 Å². The second kappa shape index (κ2) is 7.49. The van der Waals surface area contributed by atoms with Gasteiger partial charge in [-0.1, -0.05) is 5.16 Å². The lowest BCUT2D eigenvalue weighted by Crippen LogP contribution is -2.50. The van der Waals surface area contributed by atoms with Crippen molar-refractivity contribution in [1.82, 2.24) is 15.0 Å². The molecule has 2 aromatic rings. The molecule has 3 N–H and O–H groups in total. The van der Waals surface area contributed by atoms with Crippen molar-refractivity contribution in [3.63, 3.8) is 0 Å². The second-order valence-electron chi connectivity index (χ2n) is 5.95. The van der Waals surface area contributed by atoms with Gasteiger partial charge < -0.3 is 24.9 Å². The Bertz CT molecular complexity index is 745. The number of hydrogen-bond acceptors (Lipinski definition) is 7. The van der Waals surface area contributed by atoms with Gasteiger partial charge in [0, 0.05) is 32.2 Å². The van der Waals surface area contributed by atoms with Crippen LogP contribution in [0.25, 0.3) is 0 Å². The van der Waals surface area contributed by atoms with Crippen molar-refractivity contribution < 1.29 is 18.5 Å². The summed E-state index contributed by atoms with van der Waals surface area (Å²) in [4.78, 5) is 28.2. The van der Waals surface area contributed by atoms with Crippen molar-refractivity contribution in [2.45, 2.75) is 13.5 Å². The van der Waals surface area contributed by atoms with Gasteiger partial charge in [0.15, 0.2) is 5.82 Å². The Balaban J connectivity index is 1.46. The Hall–Kier alpha value is -2.65. The summed E-state index contributed by atoms with van der Waals surface area (Å²) in [5, 5.41) is 6.42. The number of carbonyl (C=O) groups excluding carboxylic acids is 2. The van der Waals surface area contributed by atoms with Gasteiger partial charge in [0.05, 0.1) is 18.7 Å². The lowest BCUT2D eigenvalue weighted by atomic mass is 10.2. The number of piperazine rings is 1. The quantitative estimate of drug-likeness (QED) is 0.805. The zero-order chi connectivity index (χ0) is 17.8. The molecule has 134 valence electrons. The first-order chi connectivity index (χ1) is 12.0. The minimum Gasteiger partial charge on any atom is -0.467 e. The normalized spacial score (nSPS) is 15.4. The Labute approximate surface area is 144 Å². The SMILES string of the molecule is Cc1cc(NC(=O)CN2CCN(C(=O)c3coc(CN)c3)CC2)no1. The van der Waals surface area contributed by atoms with E-state index >= 15 is 0 Å². The fraction of sp³-hybridized carbons (Fsp3) is 0.438. The summed E-state index contributed by atoms with van der Waals surface area (Å²) < 4.78 is 10.1. The lowest BCUT2D eigenvalue weighted by Gasteiger charge is -2.34. The monoisotopic (exact) mass is 347 g/mol. The van der Waals surface area contributed by atoms with Gasteiger partial charge >= 0.3 is 0 Å². The summed E-state index contributed by atoms with van der Waals surface area (Å²) in [6.07, 6.45) is 1.43. The van der Waals surface area contributed by atoms with E-state index in [9.17, 15) is 9.59 Å². The van der Waals surface area contributed by atoms with Gasteiger partial charge in [0.25, 0.3) is 5.91 Å². The number of anilines is 1. The maximum atomic E-state index is 12.4. The summed E-state index contributed by atoms with van der Waals surface area (Å²) in [5.74, 6) is 1.40. The first kappa shape index (κ1) is 17.2. The van der Waals surface area contributed by atoms with E-state index < -0.39 is 0 Å². The van der Waals surface area contributed by atoms with E-state index in [1.165, 1.54) is 6.26 Å². The number of nitrogens with zero attached hydrogens (tertiary/aromatic N) is 3. The molecule has 0 spiro atoms. The van der Waals surface area contributed by atoms with Gasteiger partial charge in [-0.3, -0.25) is 14.5 Å². The molecular formula is C16H21N5O4. The molecule has 3 rings (SSSR count). The molecule has 0 bridgehead atoms. The van der Waals surface area contributed by atoms with Crippen molar-refractivity contribution in [2.75, 3.05) is 38.0 Å². The molecule has 1 aliphatic heterocycles. The van der Waals surface area contributed by atoms with Crippen LogP contribution in [0.5, 0.6) is 0 Å². The molecule has 0 radical (unpaired) electrons. The Morgan fingerprint density at radius 2 is 2.04 bits per heavy atom. The predicted octanol–water partition coefficient (Wildman–Crippen LogP) is 0.431. The third-order valence-electron chi connectivity index (χ3n) is 4.02. The highest BCUT2D eigenvalue weighted by Crippen LogP contribution is 2.13. The highest BCUT2D eigenvalue weighted by molar-refractivity contribution is 5.94. The zero-order valence-electron chi connectivity index (χ0n) is 14.0. The van der Waals surface area contributed by atoms with Crippen LogP contribution < -0.4 is 11.1 Å². The third-order valence-corrected chi connectivity index (χ3v) is 4.02. The number of nitrogens with one attached hydrogen (secondary N) is 1. The molecule has 25 heavy (non-hydrogen) atoms. The first-order valence-corrected chi connectivity index (χ1v) is 8.07. The highest BCUT2D eigenvalue weighted by Gasteiger charge is 2.24. The zero-order valence-corrected chi connectivity index (χ0v) is 14.0. The summed E-state index contributed by atoms with van der Waals surface area (Å²) in [6, 6.07) is 3.33. The van der Waals surface area contributed by atoms with E-state index in [1.807, 2.05) is 4.90 Å². The standard InChI is InChI=1S/C16H21N5O4/c1-11-6-14(19-25-11)18-15(22)9-20-2-4-21(5-3-20)16(23)12-7-13(8-17)24-10-12/h6-7,10H,2-5,8-9,17H2,1H3,(H,18,19,22). The molecule has 1 fully saturated rings. The van der Waals surface area contributed by atoms with Crippen LogP contribution in [0.15, 0.2) is 27.3 Å². The van der Waals surface area contributed by atoms with E-state index in [0.717, 1.165) is 0 Å². The molecule has 0 aliphatic carbocycles. The molecule has 0 atom stereocenters. The number of rotatable bonds is 5. The van der Waals surface area contributed by atoms with Crippen LogP contribution in [-0.2, 0) is 11.3 Å².